The van der Waals surface area contributed by atoms with E-state index in [4.69, 9.17) is 14.2 Å². The van der Waals surface area contributed by atoms with Gasteiger partial charge in [-0.05, 0) is 42.0 Å². The van der Waals surface area contributed by atoms with Gasteiger partial charge in [0.05, 0.1) is 19.8 Å². The zero-order valence-electron chi connectivity index (χ0n) is 13.8. The Labute approximate surface area is 144 Å². The number of esters is 1. The summed E-state index contributed by atoms with van der Waals surface area (Å²) in [5.41, 5.74) is 0.765. The SMILES string of the molecule is COc1cccc(/C=C/C(=O)OCC(=O)c2cc(F)ccc2OC)c1. The molecular weight excluding hydrogens is 327 g/mol. The number of halogens is 1. The van der Waals surface area contributed by atoms with Crippen molar-refractivity contribution < 1.29 is 28.2 Å². The zero-order chi connectivity index (χ0) is 18.2. The molecule has 0 N–H and O–H groups in total. The molecule has 0 saturated heterocycles. The highest BCUT2D eigenvalue weighted by atomic mass is 19.1. The first kappa shape index (κ1) is 18.2. The van der Waals surface area contributed by atoms with Gasteiger partial charge < -0.3 is 14.2 Å². The van der Waals surface area contributed by atoms with Crippen LogP contribution < -0.4 is 9.47 Å². The average Bonchev–Trinajstić information content (AvgIpc) is 2.64. The first-order valence-electron chi connectivity index (χ1n) is 7.39. The molecule has 0 spiro atoms. The van der Waals surface area contributed by atoms with Crippen LogP contribution in [0.15, 0.2) is 48.5 Å². The van der Waals surface area contributed by atoms with Gasteiger partial charge in [-0.15, -0.1) is 0 Å². The van der Waals surface area contributed by atoms with Gasteiger partial charge in [-0.25, -0.2) is 9.18 Å². The van der Waals surface area contributed by atoms with E-state index in [1.807, 2.05) is 0 Å². The predicted octanol–water partition coefficient (Wildman–Crippen LogP) is 3.28. The highest BCUT2D eigenvalue weighted by molar-refractivity contribution is 6.01. The summed E-state index contributed by atoms with van der Waals surface area (Å²) in [6, 6.07) is 10.7. The molecule has 130 valence electrons. The molecule has 2 rings (SSSR count). The molecule has 0 aromatic heterocycles. The first-order valence-corrected chi connectivity index (χ1v) is 7.39. The smallest absolute Gasteiger partial charge is 0.331 e. The second kappa shape index (κ2) is 8.63. The Morgan fingerprint density at radius 2 is 1.88 bits per heavy atom. The lowest BCUT2D eigenvalue weighted by molar-refractivity contribution is -0.136. The molecule has 0 saturated carbocycles. The molecule has 6 heteroatoms. The van der Waals surface area contributed by atoms with Crippen LogP contribution in [0.25, 0.3) is 6.08 Å². The van der Waals surface area contributed by atoms with Crippen molar-refractivity contribution in [2.45, 2.75) is 0 Å². The average molecular weight is 344 g/mol. The number of ether oxygens (including phenoxy) is 3. The number of hydrogen-bond acceptors (Lipinski definition) is 5. The largest absolute Gasteiger partial charge is 0.497 e. The minimum absolute atomic E-state index is 0.0204. The monoisotopic (exact) mass is 344 g/mol. The Bertz CT molecular complexity index is 798. The summed E-state index contributed by atoms with van der Waals surface area (Å²) in [7, 11) is 2.91. The summed E-state index contributed by atoms with van der Waals surface area (Å²) < 4.78 is 28.3. The Morgan fingerprint density at radius 3 is 2.60 bits per heavy atom. The lowest BCUT2D eigenvalue weighted by Crippen LogP contribution is -2.13. The molecule has 5 nitrogen and oxygen atoms in total. The second-order valence-electron chi connectivity index (χ2n) is 4.99. The van der Waals surface area contributed by atoms with Crippen molar-refractivity contribution >= 4 is 17.8 Å². The number of benzene rings is 2. The van der Waals surface area contributed by atoms with Crippen LogP contribution in [0.4, 0.5) is 4.39 Å². The van der Waals surface area contributed by atoms with Crippen LogP contribution >= 0.6 is 0 Å². The van der Waals surface area contributed by atoms with Crippen LogP contribution in [-0.4, -0.2) is 32.6 Å². The lowest BCUT2D eigenvalue weighted by atomic mass is 10.1. The topological polar surface area (TPSA) is 61.8 Å². The fraction of sp³-hybridized carbons (Fsp3) is 0.158. The van der Waals surface area contributed by atoms with Gasteiger partial charge in [0.25, 0.3) is 0 Å². The number of ketones is 1. The van der Waals surface area contributed by atoms with Crippen LogP contribution in [0, 0.1) is 5.82 Å². The third-order valence-electron chi connectivity index (χ3n) is 3.31. The molecule has 0 heterocycles. The van der Waals surface area contributed by atoms with E-state index in [-0.39, 0.29) is 11.3 Å². The van der Waals surface area contributed by atoms with Crippen molar-refractivity contribution in [1.29, 1.82) is 0 Å². The number of hydrogen-bond donors (Lipinski definition) is 0. The molecular formula is C19H17FO5. The van der Waals surface area contributed by atoms with Crippen molar-refractivity contribution in [1.82, 2.24) is 0 Å². The van der Waals surface area contributed by atoms with Crippen molar-refractivity contribution in [3.05, 3.63) is 65.5 Å². The van der Waals surface area contributed by atoms with Crippen LogP contribution in [0.1, 0.15) is 15.9 Å². The Hall–Kier alpha value is -3.15. The van der Waals surface area contributed by atoms with Gasteiger partial charge in [0.2, 0.25) is 5.78 Å². The molecule has 0 atom stereocenters. The molecule has 0 bridgehead atoms. The highest BCUT2D eigenvalue weighted by Crippen LogP contribution is 2.20. The molecule has 0 unspecified atom stereocenters. The zero-order valence-corrected chi connectivity index (χ0v) is 13.8. The predicted molar refractivity (Wildman–Crippen MR) is 90.3 cm³/mol. The second-order valence-corrected chi connectivity index (χ2v) is 4.99. The maximum absolute atomic E-state index is 13.3. The summed E-state index contributed by atoms with van der Waals surface area (Å²) in [4.78, 5) is 23.8. The number of methoxy groups -OCH3 is 2. The number of carbonyl (C=O) groups excluding carboxylic acids is 2. The fourth-order valence-corrected chi connectivity index (χ4v) is 2.07. The summed E-state index contributed by atoms with van der Waals surface area (Å²) in [6.45, 7) is -0.513. The van der Waals surface area contributed by atoms with Gasteiger partial charge >= 0.3 is 5.97 Å². The van der Waals surface area contributed by atoms with Gasteiger partial charge in [0.15, 0.2) is 6.61 Å². The third kappa shape index (κ3) is 5.17. The van der Waals surface area contributed by atoms with Gasteiger partial charge in [-0.2, -0.15) is 0 Å². The lowest BCUT2D eigenvalue weighted by Gasteiger charge is -2.07. The molecule has 25 heavy (non-hydrogen) atoms. The van der Waals surface area contributed by atoms with E-state index in [1.165, 1.54) is 31.4 Å². The summed E-state index contributed by atoms with van der Waals surface area (Å²) in [5.74, 6) is -0.947. The first-order chi connectivity index (χ1) is 12.0. The van der Waals surface area contributed by atoms with E-state index in [0.717, 1.165) is 11.6 Å². The highest BCUT2D eigenvalue weighted by Gasteiger charge is 2.15. The van der Waals surface area contributed by atoms with E-state index in [1.54, 1.807) is 31.4 Å². The third-order valence-corrected chi connectivity index (χ3v) is 3.31. The van der Waals surface area contributed by atoms with Crippen molar-refractivity contribution in [3.8, 4) is 11.5 Å². The van der Waals surface area contributed by atoms with Crippen LogP contribution in [-0.2, 0) is 9.53 Å². The summed E-state index contributed by atoms with van der Waals surface area (Å²) >= 11 is 0. The standard InChI is InChI=1S/C19H17FO5/c1-23-15-5-3-4-13(10-15)6-9-19(22)25-12-17(21)16-11-14(20)7-8-18(16)24-2/h3-11H,12H2,1-2H3/b9-6+. The van der Waals surface area contributed by atoms with E-state index in [2.05, 4.69) is 0 Å². The maximum atomic E-state index is 13.3. The minimum Gasteiger partial charge on any atom is -0.497 e. The van der Waals surface area contributed by atoms with E-state index in [9.17, 15) is 14.0 Å². The van der Waals surface area contributed by atoms with E-state index < -0.39 is 24.2 Å². The van der Waals surface area contributed by atoms with Gasteiger partial charge in [0, 0.05) is 6.08 Å². The quantitative estimate of drug-likeness (QED) is 0.438. The van der Waals surface area contributed by atoms with Crippen LogP contribution in [0.5, 0.6) is 11.5 Å². The fourth-order valence-electron chi connectivity index (χ4n) is 2.07. The molecule has 0 aliphatic carbocycles. The molecule has 0 fully saturated rings. The van der Waals surface area contributed by atoms with Crippen molar-refractivity contribution in [2.24, 2.45) is 0 Å². The molecule has 2 aromatic rings. The normalized spacial score (nSPS) is 10.5. The molecule has 0 aliphatic rings. The summed E-state index contributed by atoms with van der Waals surface area (Å²) in [5, 5.41) is 0. The molecule has 0 amide bonds. The maximum Gasteiger partial charge on any atom is 0.331 e. The number of carbonyl (C=O) groups is 2. The molecule has 0 aliphatic heterocycles. The van der Waals surface area contributed by atoms with Crippen molar-refractivity contribution in [3.63, 3.8) is 0 Å². The Balaban J connectivity index is 1.96. The van der Waals surface area contributed by atoms with Crippen molar-refractivity contribution in [2.75, 3.05) is 20.8 Å². The van der Waals surface area contributed by atoms with Gasteiger partial charge in [-0.3, -0.25) is 4.79 Å². The molecule has 2 aromatic carbocycles. The van der Waals surface area contributed by atoms with Gasteiger partial charge in [0.1, 0.15) is 17.3 Å². The Morgan fingerprint density at radius 1 is 1.08 bits per heavy atom. The Kier molecular flexibility index (Phi) is 6.28. The minimum atomic E-state index is -0.688. The van der Waals surface area contributed by atoms with E-state index >= 15 is 0 Å². The van der Waals surface area contributed by atoms with E-state index in [0.29, 0.717) is 5.75 Å². The molecule has 0 radical (unpaired) electrons. The number of Topliss-reactive ketones (excluding diaryl/α,β-unsaturated/α-hetero) is 1. The summed E-state index contributed by atoms with van der Waals surface area (Å²) in [6.07, 6.45) is 2.74. The van der Waals surface area contributed by atoms with Crippen LogP contribution in [0.2, 0.25) is 0 Å². The van der Waals surface area contributed by atoms with Gasteiger partial charge in [-0.1, -0.05) is 12.1 Å². The number of rotatable bonds is 7. The van der Waals surface area contributed by atoms with Crippen LogP contribution in [0.3, 0.4) is 0 Å².